The smallest absolute Gasteiger partial charge is 0.0637 e. The summed E-state index contributed by atoms with van der Waals surface area (Å²) in [5.74, 6) is 1.33. The fraction of sp³-hybridized carbons (Fsp3) is 0.667. The molecule has 1 aromatic rings. The molecule has 0 spiro atoms. The molecule has 1 unspecified atom stereocenters. The van der Waals surface area contributed by atoms with Crippen LogP contribution in [0.4, 0.5) is 5.69 Å². The van der Waals surface area contributed by atoms with Gasteiger partial charge in [0, 0.05) is 0 Å². The highest BCUT2D eigenvalue weighted by molar-refractivity contribution is 6.33. The molecule has 1 aliphatic rings. The van der Waals surface area contributed by atoms with E-state index in [1.807, 2.05) is 24.3 Å². The summed E-state index contributed by atoms with van der Waals surface area (Å²) in [5, 5.41) is 13.9. The lowest BCUT2D eigenvalue weighted by Gasteiger charge is -2.39. The first kappa shape index (κ1) is 16.6. The first-order valence-electron chi connectivity index (χ1n) is 8.03. The topological polar surface area (TPSA) is 32.3 Å². The van der Waals surface area contributed by atoms with E-state index in [1.165, 1.54) is 25.7 Å². The van der Waals surface area contributed by atoms with Crippen LogP contribution >= 0.6 is 11.6 Å². The van der Waals surface area contributed by atoms with Gasteiger partial charge in [-0.2, -0.15) is 0 Å². The predicted molar refractivity (Wildman–Crippen MR) is 90.9 cm³/mol. The van der Waals surface area contributed by atoms with E-state index >= 15 is 0 Å². The summed E-state index contributed by atoms with van der Waals surface area (Å²) in [5.41, 5.74) is 1.33. The van der Waals surface area contributed by atoms with E-state index < -0.39 is 0 Å². The molecule has 118 valence electrons. The molecule has 0 bridgehead atoms. The van der Waals surface area contributed by atoms with Crippen LogP contribution in [0, 0.1) is 17.3 Å². The lowest BCUT2D eigenvalue weighted by molar-refractivity contribution is 0.127. The maximum atomic E-state index is 9.75. The number of nitrogens with one attached hydrogen (secondary N) is 1. The van der Waals surface area contributed by atoms with E-state index in [9.17, 15) is 5.11 Å². The van der Waals surface area contributed by atoms with Crippen LogP contribution in [0.2, 0.25) is 5.02 Å². The molecular formula is C18H28ClNO. The molecule has 0 amide bonds. The number of hydrogen-bond donors (Lipinski definition) is 2. The molecule has 2 nitrogen and oxygen atoms in total. The molecular weight excluding hydrogens is 282 g/mol. The van der Waals surface area contributed by atoms with Crippen LogP contribution in [0.25, 0.3) is 0 Å². The van der Waals surface area contributed by atoms with Crippen LogP contribution in [0.3, 0.4) is 0 Å². The summed E-state index contributed by atoms with van der Waals surface area (Å²) in [7, 11) is 0. The Hall–Kier alpha value is -0.730. The fourth-order valence-corrected chi connectivity index (χ4v) is 3.67. The maximum Gasteiger partial charge on any atom is 0.0637 e. The molecule has 0 saturated heterocycles. The Kier molecular flexibility index (Phi) is 5.56. The molecule has 1 saturated carbocycles. The van der Waals surface area contributed by atoms with Gasteiger partial charge in [0.05, 0.1) is 23.4 Å². The Morgan fingerprint density at radius 3 is 2.33 bits per heavy atom. The van der Waals surface area contributed by atoms with E-state index in [-0.39, 0.29) is 12.6 Å². The lowest BCUT2D eigenvalue weighted by atomic mass is 9.68. The van der Waals surface area contributed by atoms with Crippen LogP contribution in [0.1, 0.15) is 46.5 Å². The van der Waals surface area contributed by atoms with Crippen molar-refractivity contribution in [2.45, 2.75) is 52.5 Å². The van der Waals surface area contributed by atoms with Gasteiger partial charge in [0.1, 0.15) is 0 Å². The summed E-state index contributed by atoms with van der Waals surface area (Å²) >= 11 is 6.20. The number of para-hydroxylation sites is 1. The van der Waals surface area contributed by atoms with E-state index in [0.717, 1.165) is 16.6 Å². The van der Waals surface area contributed by atoms with Crippen molar-refractivity contribution in [1.82, 2.24) is 0 Å². The summed E-state index contributed by atoms with van der Waals surface area (Å²) < 4.78 is 0. The monoisotopic (exact) mass is 309 g/mol. The zero-order valence-electron chi connectivity index (χ0n) is 13.4. The highest BCUT2D eigenvalue weighted by Crippen LogP contribution is 2.41. The third kappa shape index (κ3) is 4.37. The van der Waals surface area contributed by atoms with Crippen molar-refractivity contribution >= 4 is 17.3 Å². The van der Waals surface area contributed by atoms with Crippen molar-refractivity contribution in [3.63, 3.8) is 0 Å². The quantitative estimate of drug-likeness (QED) is 0.823. The van der Waals surface area contributed by atoms with Crippen LogP contribution in [0.5, 0.6) is 0 Å². The van der Waals surface area contributed by atoms with Crippen molar-refractivity contribution in [1.29, 1.82) is 0 Å². The number of rotatable bonds is 4. The van der Waals surface area contributed by atoms with Gasteiger partial charge in [0.2, 0.25) is 0 Å². The number of hydrogen-bond acceptors (Lipinski definition) is 2. The molecule has 1 fully saturated rings. The minimum Gasteiger partial charge on any atom is -0.394 e. The molecule has 1 aliphatic carbocycles. The fourth-order valence-electron chi connectivity index (χ4n) is 3.48. The van der Waals surface area contributed by atoms with E-state index in [0.29, 0.717) is 11.3 Å². The first-order chi connectivity index (χ1) is 9.91. The summed E-state index contributed by atoms with van der Waals surface area (Å²) in [6.07, 6.45) is 4.89. The SMILES string of the molecule is CC(C)(C)C1CCC(C(CO)Nc2ccccc2Cl)CC1. The van der Waals surface area contributed by atoms with Gasteiger partial charge in [0.15, 0.2) is 0 Å². The zero-order valence-corrected chi connectivity index (χ0v) is 14.2. The van der Waals surface area contributed by atoms with Crippen molar-refractivity contribution in [2.24, 2.45) is 17.3 Å². The second-order valence-electron chi connectivity index (χ2n) is 7.39. The molecule has 1 atom stereocenters. The Balaban J connectivity index is 1.96. The predicted octanol–water partition coefficient (Wildman–Crippen LogP) is 4.97. The molecule has 2 N–H and O–H groups in total. The van der Waals surface area contributed by atoms with Crippen molar-refractivity contribution in [3.8, 4) is 0 Å². The van der Waals surface area contributed by atoms with E-state index in [1.54, 1.807) is 0 Å². The highest BCUT2D eigenvalue weighted by atomic mass is 35.5. The van der Waals surface area contributed by atoms with Gasteiger partial charge < -0.3 is 10.4 Å². The lowest BCUT2D eigenvalue weighted by Crippen LogP contribution is -2.37. The first-order valence-corrected chi connectivity index (χ1v) is 8.41. The third-order valence-corrected chi connectivity index (χ3v) is 5.31. The minimum atomic E-state index is 0.103. The van der Waals surface area contributed by atoms with Gasteiger partial charge in [-0.05, 0) is 55.1 Å². The molecule has 21 heavy (non-hydrogen) atoms. The number of aliphatic hydroxyl groups is 1. The number of aliphatic hydroxyl groups excluding tert-OH is 1. The van der Waals surface area contributed by atoms with Crippen LogP contribution in [-0.2, 0) is 0 Å². The maximum absolute atomic E-state index is 9.75. The normalized spacial score (nSPS) is 24.6. The van der Waals surface area contributed by atoms with Crippen molar-refractivity contribution in [2.75, 3.05) is 11.9 Å². The van der Waals surface area contributed by atoms with E-state index in [4.69, 9.17) is 11.6 Å². The number of benzene rings is 1. The summed E-state index contributed by atoms with van der Waals surface area (Å²) in [6, 6.07) is 7.86. The van der Waals surface area contributed by atoms with Crippen molar-refractivity contribution < 1.29 is 5.11 Å². The molecule has 1 aromatic carbocycles. The third-order valence-electron chi connectivity index (χ3n) is 4.98. The summed E-state index contributed by atoms with van der Waals surface area (Å²) in [6.45, 7) is 7.17. The Labute approximate surface area is 133 Å². The molecule has 0 radical (unpaired) electrons. The van der Waals surface area contributed by atoms with Crippen LogP contribution in [-0.4, -0.2) is 17.8 Å². The second kappa shape index (κ2) is 7.02. The molecule has 0 heterocycles. The van der Waals surface area contributed by atoms with Gasteiger partial charge in [-0.3, -0.25) is 0 Å². The largest absolute Gasteiger partial charge is 0.394 e. The van der Waals surface area contributed by atoms with Gasteiger partial charge in [0.25, 0.3) is 0 Å². The number of anilines is 1. The Bertz CT molecular complexity index is 447. The molecule has 2 rings (SSSR count). The average Bonchev–Trinajstić information content (AvgIpc) is 2.46. The van der Waals surface area contributed by atoms with Gasteiger partial charge in [-0.25, -0.2) is 0 Å². The average molecular weight is 310 g/mol. The Morgan fingerprint density at radius 2 is 1.81 bits per heavy atom. The Morgan fingerprint density at radius 1 is 1.19 bits per heavy atom. The molecule has 0 aromatic heterocycles. The van der Waals surface area contributed by atoms with Crippen LogP contribution in [0.15, 0.2) is 24.3 Å². The second-order valence-corrected chi connectivity index (χ2v) is 7.80. The van der Waals surface area contributed by atoms with Gasteiger partial charge >= 0.3 is 0 Å². The summed E-state index contributed by atoms with van der Waals surface area (Å²) in [4.78, 5) is 0. The van der Waals surface area contributed by atoms with E-state index in [2.05, 4.69) is 26.1 Å². The highest BCUT2D eigenvalue weighted by Gasteiger charge is 2.32. The minimum absolute atomic E-state index is 0.103. The van der Waals surface area contributed by atoms with Gasteiger partial charge in [-0.15, -0.1) is 0 Å². The number of halogens is 1. The van der Waals surface area contributed by atoms with Crippen molar-refractivity contribution in [3.05, 3.63) is 29.3 Å². The zero-order chi connectivity index (χ0) is 15.5. The molecule has 3 heteroatoms. The standard InChI is InChI=1S/C18H28ClNO/c1-18(2,3)14-10-8-13(9-11-14)17(12-21)20-16-7-5-4-6-15(16)19/h4-7,13-14,17,20-21H,8-12H2,1-3H3. The van der Waals surface area contributed by atoms with Crippen LogP contribution < -0.4 is 5.32 Å². The molecule has 0 aliphatic heterocycles. The van der Waals surface area contributed by atoms with Gasteiger partial charge in [-0.1, -0.05) is 44.5 Å².